The highest BCUT2D eigenvalue weighted by molar-refractivity contribution is 5.84. The van der Waals surface area contributed by atoms with Gasteiger partial charge in [-0.3, -0.25) is 4.99 Å². The Morgan fingerprint density at radius 2 is 1.79 bits per heavy atom. The lowest BCUT2D eigenvalue weighted by molar-refractivity contribution is 0.122. The maximum atomic E-state index is 5.43. The van der Waals surface area contributed by atoms with Crippen molar-refractivity contribution >= 4 is 23.3 Å². The van der Waals surface area contributed by atoms with Gasteiger partial charge in [0.2, 0.25) is 0 Å². The van der Waals surface area contributed by atoms with Crippen LogP contribution in [-0.2, 0) is 4.74 Å². The van der Waals surface area contributed by atoms with E-state index >= 15 is 0 Å². The van der Waals surface area contributed by atoms with Crippen molar-refractivity contribution in [3.63, 3.8) is 0 Å². The fraction of sp³-hybridized carbons (Fsp3) is 0.458. The predicted molar refractivity (Wildman–Crippen MR) is 119 cm³/mol. The second-order valence-electron chi connectivity index (χ2n) is 8.67. The molecular formula is C24H31N3O. The molecule has 1 fully saturated rings. The Hall–Kier alpha value is -2.33. The number of anilines is 2. The van der Waals surface area contributed by atoms with Gasteiger partial charge < -0.3 is 14.5 Å². The van der Waals surface area contributed by atoms with Crippen LogP contribution >= 0.6 is 0 Å². The summed E-state index contributed by atoms with van der Waals surface area (Å²) in [5.41, 5.74) is 6.36. The average molecular weight is 378 g/mol. The summed E-state index contributed by atoms with van der Waals surface area (Å²) in [5.74, 6) is 0.558. The Bertz CT molecular complexity index is 851. The van der Waals surface area contributed by atoms with Crippen LogP contribution in [-0.4, -0.2) is 45.1 Å². The lowest BCUT2D eigenvalue weighted by Crippen LogP contribution is -2.45. The number of hydrogen-bond donors (Lipinski definition) is 0. The van der Waals surface area contributed by atoms with Crippen LogP contribution in [0.2, 0.25) is 0 Å². The monoisotopic (exact) mass is 377 g/mol. The normalized spacial score (nSPS) is 21.8. The molecule has 0 unspecified atom stereocenters. The molecule has 0 aliphatic carbocycles. The molecule has 4 nitrogen and oxygen atoms in total. The largest absolute Gasteiger partial charge is 0.378 e. The number of aliphatic imine (C=N–C) groups is 1. The first-order chi connectivity index (χ1) is 13.4. The number of ether oxygens (including phenoxy) is 1. The van der Waals surface area contributed by atoms with Crippen LogP contribution < -0.4 is 9.80 Å². The molecule has 148 valence electrons. The second-order valence-corrected chi connectivity index (χ2v) is 8.67. The standard InChI is InChI=1S/C24H31N3O/c1-18-16-24(2,3)26(4)23-10-5-19(15-22(18)23)17-25-20-6-8-21(9-7-20)27-11-13-28-14-12-27/h5-10,15,17-18H,11-14,16H2,1-4H3/t18-/m0/s1. The van der Waals surface area contributed by atoms with Crippen molar-refractivity contribution in [1.82, 2.24) is 0 Å². The minimum absolute atomic E-state index is 0.199. The van der Waals surface area contributed by atoms with E-state index in [4.69, 9.17) is 9.73 Å². The molecule has 4 heteroatoms. The number of rotatable bonds is 3. The van der Waals surface area contributed by atoms with Crippen LogP contribution in [0.5, 0.6) is 0 Å². The topological polar surface area (TPSA) is 28.1 Å². The van der Waals surface area contributed by atoms with Crippen LogP contribution in [0.4, 0.5) is 17.1 Å². The van der Waals surface area contributed by atoms with E-state index < -0.39 is 0 Å². The zero-order valence-electron chi connectivity index (χ0n) is 17.5. The van der Waals surface area contributed by atoms with Gasteiger partial charge in [-0.15, -0.1) is 0 Å². The van der Waals surface area contributed by atoms with E-state index in [1.165, 1.54) is 23.4 Å². The van der Waals surface area contributed by atoms with E-state index in [9.17, 15) is 0 Å². The van der Waals surface area contributed by atoms with Crippen molar-refractivity contribution in [3.05, 3.63) is 53.6 Å². The van der Waals surface area contributed by atoms with Gasteiger partial charge in [0, 0.05) is 43.3 Å². The highest BCUT2D eigenvalue weighted by atomic mass is 16.5. The Balaban J connectivity index is 1.50. The molecule has 1 saturated heterocycles. The zero-order chi connectivity index (χ0) is 19.7. The summed E-state index contributed by atoms with van der Waals surface area (Å²) in [7, 11) is 2.20. The van der Waals surface area contributed by atoms with Gasteiger partial charge >= 0.3 is 0 Å². The van der Waals surface area contributed by atoms with Crippen LogP contribution in [0, 0.1) is 0 Å². The van der Waals surface area contributed by atoms with Gasteiger partial charge in [0.25, 0.3) is 0 Å². The molecule has 0 amide bonds. The first-order valence-electron chi connectivity index (χ1n) is 10.3. The third-order valence-corrected chi connectivity index (χ3v) is 6.25. The summed E-state index contributed by atoms with van der Waals surface area (Å²) in [5, 5.41) is 0. The van der Waals surface area contributed by atoms with Gasteiger partial charge in [0.15, 0.2) is 0 Å². The molecule has 2 aromatic rings. The number of hydrogen-bond acceptors (Lipinski definition) is 4. The zero-order valence-corrected chi connectivity index (χ0v) is 17.5. The molecule has 2 aromatic carbocycles. The maximum Gasteiger partial charge on any atom is 0.0642 e. The van der Waals surface area contributed by atoms with Gasteiger partial charge in [-0.2, -0.15) is 0 Å². The number of benzene rings is 2. The molecule has 2 aliphatic heterocycles. The van der Waals surface area contributed by atoms with Gasteiger partial charge in [-0.1, -0.05) is 13.0 Å². The first-order valence-corrected chi connectivity index (χ1v) is 10.3. The molecule has 0 bridgehead atoms. The minimum atomic E-state index is 0.199. The van der Waals surface area contributed by atoms with Crippen LogP contribution in [0.3, 0.4) is 0 Å². The fourth-order valence-electron chi connectivity index (χ4n) is 4.40. The van der Waals surface area contributed by atoms with E-state index in [0.29, 0.717) is 5.92 Å². The van der Waals surface area contributed by atoms with Crippen molar-refractivity contribution in [2.24, 2.45) is 4.99 Å². The van der Waals surface area contributed by atoms with Crippen molar-refractivity contribution in [2.75, 3.05) is 43.2 Å². The van der Waals surface area contributed by atoms with Crippen LogP contribution in [0.1, 0.15) is 44.2 Å². The van der Waals surface area contributed by atoms with Gasteiger partial charge in [0.05, 0.1) is 18.9 Å². The van der Waals surface area contributed by atoms with E-state index in [2.05, 4.69) is 80.1 Å². The van der Waals surface area contributed by atoms with Crippen LogP contribution in [0.15, 0.2) is 47.5 Å². The second kappa shape index (κ2) is 7.59. The molecule has 4 rings (SSSR count). The molecule has 2 aliphatic rings. The number of fused-ring (bicyclic) bond motifs is 1. The van der Waals surface area contributed by atoms with Gasteiger partial charge in [0.1, 0.15) is 0 Å². The molecule has 2 heterocycles. The Morgan fingerprint density at radius 3 is 2.50 bits per heavy atom. The van der Waals surface area contributed by atoms with Crippen molar-refractivity contribution in [2.45, 2.75) is 38.6 Å². The first kappa shape index (κ1) is 19.0. The Labute approximate surface area is 168 Å². The lowest BCUT2D eigenvalue weighted by Gasteiger charge is -2.45. The lowest BCUT2D eigenvalue weighted by atomic mass is 9.80. The van der Waals surface area contributed by atoms with Gasteiger partial charge in [-0.25, -0.2) is 0 Å². The summed E-state index contributed by atoms with van der Waals surface area (Å²) in [6.07, 6.45) is 3.15. The smallest absolute Gasteiger partial charge is 0.0642 e. The summed E-state index contributed by atoms with van der Waals surface area (Å²) in [6, 6.07) is 15.2. The molecular weight excluding hydrogens is 346 g/mol. The van der Waals surface area contributed by atoms with E-state index in [0.717, 1.165) is 37.6 Å². The summed E-state index contributed by atoms with van der Waals surface area (Å²) in [6.45, 7) is 10.5. The fourth-order valence-corrected chi connectivity index (χ4v) is 4.40. The predicted octanol–water partition coefficient (Wildman–Crippen LogP) is 5.00. The number of nitrogens with zero attached hydrogens (tertiary/aromatic N) is 3. The van der Waals surface area contributed by atoms with E-state index in [-0.39, 0.29) is 5.54 Å². The Morgan fingerprint density at radius 1 is 1.07 bits per heavy atom. The highest BCUT2D eigenvalue weighted by Gasteiger charge is 2.33. The molecule has 28 heavy (non-hydrogen) atoms. The summed E-state index contributed by atoms with van der Waals surface area (Å²) < 4.78 is 5.43. The van der Waals surface area contributed by atoms with Gasteiger partial charge in [-0.05, 0) is 73.7 Å². The molecule has 0 spiro atoms. The van der Waals surface area contributed by atoms with Crippen molar-refractivity contribution in [1.29, 1.82) is 0 Å². The molecule has 0 N–H and O–H groups in total. The van der Waals surface area contributed by atoms with Crippen LogP contribution in [0.25, 0.3) is 0 Å². The third-order valence-electron chi connectivity index (χ3n) is 6.25. The SMILES string of the molecule is C[C@H]1CC(C)(C)N(C)c2ccc(C=Nc3ccc(N4CCOCC4)cc3)cc21. The molecule has 0 aromatic heterocycles. The third kappa shape index (κ3) is 3.79. The van der Waals surface area contributed by atoms with E-state index in [1.807, 2.05) is 6.21 Å². The van der Waals surface area contributed by atoms with E-state index in [1.54, 1.807) is 0 Å². The molecule has 1 atom stereocenters. The minimum Gasteiger partial charge on any atom is -0.378 e. The van der Waals surface area contributed by atoms with Crippen molar-refractivity contribution < 1.29 is 4.74 Å². The molecule has 0 radical (unpaired) electrons. The molecule has 0 saturated carbocycles. The number of morpholine rings is 1. The Kier molecular flexibility index (Phi) is 5.15. The van der Waals surface area contributed by atoms with Crippen molar-refractivity contribution in [3.8, 4) is 0 Å². The highest BCUT2D eigenvalue weighted by Crippen LogP contribution is 2.42. The maximum absolute atomic E-state index is 5.43. The quantitative estimate of drug-likeness (QED) is 0.705. The average Bonchev–Trinajstić information content (AvgIpc) is 2.71. The summed E-state index contributed by atoms with van der Waals surface area (Å²) >= 11 is 0. The summed E-state index contributed by atoms with van der Waals surface area (Å²) in [4.78, 5) is 9.47.